The lowest BCUT2D eigenvalue weighted by molar-refractivity contribution is -0.169. The molecule has 2 N–H and O–H groups in total. The molecule has 0 aromatic rings. The van der Waals surface area contributed by atoms with Crippen LogP contribution >= 0.6 is 0 Å². The second-order valence-corrected chi connectivity index (χ2v) is 2.42. The Balaban J connectivity index is 4.69. The third kappa shape index (κ3) is 3.73. The molecule has 6 nitrogen and oxygen atoms in total. The van der Waals surface area contributed by atoms with E-state index in [0.29, 0.717) is 6.42 Å². The number of rotatable bonds is 5. The lowest BCUT2D eigenvalue weighted by Gasteiger charge is -2.20. The Hall–Kier alpha value is -1.32. The van der Waals surface area contributed by atoms with Crippen LogP contribution in [0.15, 0.2) is 9.98 Å². The molecular formula is C7H10N2O4. The summed E-state index contributed by atoms with van der Waals surface area (Å²) >= 11 is 0. The third-order valence-corrected chi connectivity index (χ3v) is 1.43. The number of isocyanates is 2. The van der Waals surface area contributed by atoms with Gasteiger partial charge in [-0.3, -0.25) is 0 Å². The smallest absolute Gasteiger partial charge is 0.299 e. The molecule has 0 aromatic carbocycles. The van der Waals surface area contributed by atoms with Crippen LogP contribution in [0.3, 0.4) is 0 Å². The average Bonchev–Trinajstić information content (AvgIpc) is 2.04. The van der Waals surface area contributed by atoms with Crippen molar-refractivity contribution in [2.24, 2.45) is 9.98 Å². The van der Waals surface area contributed by atoms with Crippen LogP contribution in [0.5, 0.6) is 0 Å². The zero-order chi connectivity index (χ0) is 10.3. The highest BCUT2D eigenvalue weighted by Crippen LogP contribution is 2.16. The molecule has 0 aromatic heterocycles. The molecule has 0 saturated heterocycles. The SMILES string of the molecule is CCCC(N=C=O)C(O)(O)N=C=O. The molecule has 0 bridgehead atoms. The molecule has 0 aliphatic rings. The fourth-order valence-electron chi connectivity index (χ4n) is 0.824. The summed E-state index contributed by atoms with van der Waals surface area (Å²) in [5.41, 5.74) is 0. The molecule has 0 amide bonds. The van der Waals surface area contributed by atoms with Crippen LogP contribution in [-0.4, -0.2) is 34.3 Å². The lowest BCUT2D eigenvalue weighted by Crippen LogP contribution is -2.38. The molecule has 72 valence electrons. The van der Waals surface area contributed by atoms with Gasteiger partial charge in [0.05, 0.1) is 0 Å². The first-order valence-corrected chi connectivity index (χ1v) is 3.69. The van der Waals surface area contributed by atoms with Crippen LogP contribution in [0.1, 0.15) is 19.8 Å². The minimum absolute atomic E-state index is 0.216. The van der Waals surface area contributed by atoms with Gasteiger partial charge >= 0.3 is 0 Å². The molecule has 0 aliphatic heterocycles. The molecule has 1 atom stereocenters. The maximum Gasteiger partial charge on any atom is 0.299 e. The first kappa shape index (κ1) is 11.7. The van der Waals surface area contributed by atoms with Crippen molar-refractivity contribution in [3.05, 3.63) is 0 Å². The van der Waals surface area contributed by atoms with Gasteiger partial charge in [-0.25, -0.2) is 9.59 Å². The predicted octanol–water partition coefficient (Wildman–Crippen LogP) is -0.535. The number of nitrogens with zero attached hydrogens (tertiary/aromatic N) is 2. The third-order valence-electron chi connectivity index (χ3n) is 1.43. The van der Waals surface area contributed by atoms with E-state index in [2.05, 4.69) is 9.98 Å². The predicted molar refractivity (Wildman–Crippen MR) is 42.1 cm³/mol. The Morgan fingerprint density at radius 1 is 1.38 bits per heavy atom. The first-order chi connectivity index (χ1) is 6.08. The van der Waals surface area contributed by atoms with E-state index in [1.54, 1.807) is 6.92 Å². The van der Waals surface area contributed by atoms with Gasteiger partial charge in [-0.2, -0.15) is 4.99 Å². The molecule has 0 saturated carbocycles. The molecule has 13 heavy (non-hydrogen) atoms. The molecule has 0 fully saturated rings. The van der Waals surface area contributed by atoms with E-state index < -0.39 is 12.0 Å². The Kier molecular flexibility index (Phi) is 4.80. The number of aliphatic hydroxyl groups is 2. The highest BCUT2D eigenvalue weighted by atomic mass is 16.5. The molecule has 0 rings (SSSR count). The summed E-state index contributed by atoms with van der Waals surface area (Å²) in [4.78, 5) is 25.5. The van der Waals surface area contributed by atoms with Crippen LogP contribution < -0.4 is 0 Å². The Bertz CT molecular complexity index is 251. The zero-order valence-corrected chi connectivity index (χ0v) is 7.10. The van der Waals surface area contributed by atoms with E-state index in [1.165, 1.54) is 6.08 Å². The van der Waals surface area contributed by atoms with Crippen LogP contribution in [0.4, 0.5) is 0 Å². The van der Waals surface area contributed by atoms with Gasteiger partial charge in [0.15, 0.2) is 0 Å². The maximum atomic E-state index is 9.89. The monoisotopic (exact) mass is 186 g/mol. The summed E-state index contributed by atoms with van der Waals surface area (Å²) in [7, 11) is 0. The highest BCUT2D eigenvalue weighted by molar-refractivity contribution is 5.36. The normalized spacial score (nSPS) is 12.5. The van der Waals surface area contributed by atoms with Crippen molar-refractivity contribution in [3.8, 4) is 0 Å². The second kappa shape index (κ2) is 5.35. The van der Waals surface area contributed by atoms with Crippen LogP contribution in [0.25, 0.3) is 0 Å². The molecule has 1 unspecified atom stereocenters. The molecule has 0 spiro atoms. The van der Waals surface area contributed by atoms with Crippen molar-refractivity contribution >= 4 is 12.2 Å². The lowest BCUT2D eigenvalue weighted by atomic mass is 10.1. The van der Waals surface area contributed by atoms with Gasteiger partial charge in [-0.15, -0.1) is 4.99 Å². The van der Waals surface area contributed by atoms with Crippen molar-refractivity contribution in [2.45, 2.75) is 31.7 Å². The van der Waals surface area contributed by atoms with E-state index in [-0.39, 0.29) is 6.42 Å². The van der Waals surface area contributed by atoms with E-state index in [4.69, 9.17) is 10.2 Å². The summed E-state index contributed by atoms with van der Waals surface area (Å²) in [6.45, 7) is 1.76. The highest BCUT2D eigenvalue weighted by Gasteiger charge is 2.33. The minimum atomic E-state index is -2.66. The fourth-order valence-corrected chi connectivity index (χ4v) is 0.824. The number of aliphatic imine (C=N–C) groups is 2. The second-order valence-electron chi connectivity index (χ2n) is 2.42. The average molecular weight is 186 g/mol. The Morgan fingerprint density at radius 3 is 2.38 bits per heavy atom. The summed E-state index contributed by atoms with van der Waals surface area (Å²) in [6, 6.07) is -1.17. The molecule has 0 aliphatic carbocycles. The van der Waals surface area contributed by atoms with Crippen molar-refractivity contribution in [1.82, 2.24) is 0 Å². The number of carbonyl (C=O) groups excluding carboxylic acids is 2. The largest absolute Gasteiger partial charge is 0.345 e. The van der Waals surface area contributed by atoms with Gasteiger partial charge in [0, 0.05) is 0 Å². The van der Waals surface area contributed by atoms with E-state index >= 15 is 0 Å². The fraction of sp³-hybridized carbons (Fsp3) is 0.714. The summed E-state index contributed by atoms with van der Waals surface area (Å²) in [5, 5.41) is 18.2. The van der Waals surface area contributed by atoms with Gasteiger partial charge < -0.3 is 10.2 Å². The van der Waals surface area contributed by atoms with Gasteiger partial charge in [0.1, 0.15) is 6.04 Å². The van der Waals surface area contributed by atoms with Crippen LogP contribution in [0, 0.1) is 0 Å². The van der Waals surface area contributed by atoms with E-state index in [9.17, 15) is 9.59 Å². The van der Waals surface area contributed by atoms with Crippen LogP contribution in [0.2, 0.25) is 0 Å². The molecule has 0 heterocycles. The van der Waals surface area contributed by atoms with Gasteiger partial charge in [-0.1, -0.05) is 13.3 Å². The quantitative estimate of drug-likeness (QED) is 0.342. The van der Waals surface area contributed by atoms with Gasteiger partial charge in [0.25, 0.3) is 5.91 Å². The summed E-state index contributed by atoms with van der Waals surface area (Å²) in [5.74, 6) is -2.66. The van der Waals surface area contributed by atoms with Crippen LogP contribution in [-0.2, 0) is 9.59 Å². The topological polar surface area (TPSA) is 99.3 Å². The first-order valence-electron chi connectivity index (χ1n) is 3.69. The van der Waals surface area contributed by atoms with Crippen molar-refractivity contribution in [1.29, 1.82) is 0 Å². The zero-order valence-electron chi connectivity index (χ0n) is 7.10. The molecule has 0 radical (unpaired) electrons. The maximum absolute atomic E-state index is 9.89. The molecule has 6 heteroatoms. The van der Waals surface area contributed by atoms with Gasteiger partial charge in [-0.05, 0) is 6.42 Å². The summed E-state index contributed by atoms with van der Waals surface area (Å²) in [6.07, 6.45) is 2.95. The number of hydrogen-bond acceptors (Lipinski definition) is 6. The van der Waals surface area contributed by atoms with Gasteiger partial charge in [0.2, 0.25) is 12.2 Å². The Morgan fingerprint density at radius 2 is 2.00 bits per heavy atom. The standard InChI is InChI=1S/C7H10N2O4/c1-2-3-6(8-4-10)7(12,13)9-5-11/h6,12-13H,2-3H2,1H3. The minimum Gasteiger partial charge on any atom is -0.345 e. The van der Waals surface area contributed by atoms with Crippen molar-refractivity contribution in [2.75, 3.05) is 0 Å². The summed E-state index contributed by atoms with van der Waals surface area (Å²) < 4.78 is 0. The van der Waals surface area contributed by atoms with E-state index in [0.717, 1.165) is 6.08 Å². The number of hydrogen-bond donors (Lipinski definition) is 2. The van der Waals surface area contributed by atoms with Crippen molar-refractivity contribution in [3.63, 3.8) is 0 Å². The Labute approximate surface area is 74.6 Å². The van der Waals surface area contributed by atoms with E-state index in [1.807, 2.05) is 0 Å². The van der Waals surface area contributed by atoms with Crippen molar-refractivity contribution < 1.29 is 19.8 Å². The molecular weight excluding hydrogens is 176 g/mol.